The minimum Gasteiger partial charge on any atom is -0.289 e. The average Bonchev–Trinajstić information content (AvgIpc) is 2.87. The van der Waals surface area contributed by atoms with Crippen LogP contribution in [0.2, 0.25) is 0 Å². The molecule has 0 saturated heterocycles. The van der Waals surface area contributed by atoms with Crippen LogP contribution < -0.4 is 10.9 Å². The van der Waals surface area contributed by atoms with E-state index in [1.165, 1.54) is 0 Å². The molecule has 0 radical (unpaired) electrons. The van der Waals surface area contributed by atoms with Crippen molar-refractivity contribution in [2.75, 3.05) is 0 Å². The van der Waals surface area contributed by atoms with Gasteiger partial charge in [-0.25, -0.2) is 0 Å². The Balaban J connectivity index is 1.79. The van der Waals surface area contributed by atoms with Crippen molar-refractivity contribution in [1.29, 1.82) is 0 Å². The van der Waals surface area contributed by atoms with E-state index in [-0.39, 0.29) is 10.9 Å². The molecule has 36 heavy (non-hydrogen) atoms. The fourth-order valence-electron chi connectivity index (χ4n) is 6.12. The molecule has 170 valence electrons. The molecule has 0 bridgehead atoms. The summed E-state index contributed by atoms with van der Waals surface area (Å²) in [6, 6.07) is 20.2. The quantitative estimate of drug-likeness (QED) is 0.0888. The molecule has 0 spiro atoms. The average molecular weight is 722 g/mol. The molecule has 0 heterocycles. The lowest BCUT2D eigenvalue weighted by atomic mass is 9.84. The molecule has 0 N–H and O–H groups in total. The van der Waals surface area contributed by atoms with Gasteiger partial charge in [-0.1, -0.05) is 30.3 Å². The summed E-state index contributed by atoms with van der Waals surface area (Å²) in [5.74, 6) is 0. The highest BCUT2D eigenvalue weighted by Gasteiger charge is 2.24. The van der Waals surface area contributed by atoms with Crippen LogP contribution in [0.4, 0.5) is 0 Å². The first-order chi connectivity index (χ1) is 17.4. The highest BCUT2D eigenvalue weighted by atomic mass is 79.9. The molecule has 0 amide bonds. The van der Waals surface area contributed by atoms with E-state index in [2.05, 4.69) is 75.9 Å². The second kappa shape index (κ2) is 7.13. The van der Waals surface area contributed by atoms with Gasteiger partial charge in [0.15, 0.2) is 10.9 Å². The Bertz CT molecular complexity index is 2400. The minimum atomic E-state index is -0.0312. The lowest BCUT2D eigenvalue weighted by Gasteiger charge is -2.20. The van der Waals surface area contributed by atoms with Gasteiger partial charge in [-0.05, 0) is 137 Å². The number of hydrogen-bond donors (Lipinski definition) is 0. The van der Waals surface area contributed by atoms with E-state index in [9.17, 15) is 9.59 Å². The summed E-state index contributed by atoms with van der Waals surface area (Å²) in [5, 5.41) is 12.7. The summed E-state index contributed by atoms with van der Waals surface area (Å²) in [4.78, 5) is 27.5. The Morgan fingerprint density at radius 1 is 0.417 bits per heavy atom. The molecule has 8 aromatic rings. The van der Waals surface area contributed by atoms with Gasteiger partial charge in [0.2, 0.25) is 0 Å². The molecular weight excluding hydrogens is 712 g/mol. The molecule has 0 aliphatic rings. The first-order valence-corrected chi connectivity index (χ1v) is 14.4. The Labute approximate surface area is 236 Å². The predicted octanol–water partition coefficient (Wildman–Crippen LogP) is 9.84. The monoisotopic (exact) mass is 718 g/mol. The lowest BCUT2D eigenvalue weighted by molar-refractivity contribution is 1.59. The Hall–Kier alpha value is -2.38. The molecule has 0 aliphatic carbocycles. The van der Waals surface area contributed by atoms with Crippen LogP contribution in [0.15, 0.2) is 88.1 Å². The summed E-state index contributed by atoms with van der Waals surface area (Å²) in [6.45, 7) is 0. The maximum atomic E-state index is 14.0. The molecule has 6 heteroatoms. The molecule has 8 rings (SSSR count). The number of rotatable bonds is 0. The molecule has 0 atom stereocenters. The molecule has 0 aromatic heterocycles. The normalized spacial score (nSPS) is 12.7. The first-order valence-electron chi connectivity index (χ1n) is 11.2. The molecule has 2 nitrogen and oxygen atoms in total. The molecule has 0 fully saturated rings. The zero-order valence-corrected chi connectivity index (χ0v) is 24.4. The van der Waals surface area contributed by atoms with Crippen molar-refractivity contribution in [2.24, 2.45) is 0 Å². The number of benzene rings is 8. The van der Waals surface area contributed by atoms with Crippen LogP contribution in [-0.2, 0) is 0 Å². The molecule has 0 aliphatic heterocycles. The zero-order chi connectivity index (χ0) is 24.6. The van der Waals surface area contributed by atoms with E-state index < -0.39 is 0 Å². The summed E-state index contributed by atoms with van der Waals surface area (Å²) >= 11 is 14.7. The number of halogens is 4. The molecular formula is C30H10Br4O2. The van der Waals surface area contributed by atoms with Crippen molar-refractivity contribution in [2.45, 2.75) is 0 Å². The summed E-state index contributed by atoms with van der Waals surface area (Å²) in [6.07, 6.45) is 0. The topological polar surface area (TPSA) is 34.1 Å². The van der Waals surface area contributed by atoms with Gasteiger partial charge < -0.3 is 0 Å². The SMILES string of the molecule is O=c1c2ccccc2c2cc3cc(Br)c4c(=O)c5c(Br)c(Br)c(Br)cc5c5cc6ccc1c2c6c3c45. The Morgan fingerprint density at radius 2 is 1.08 bits per heavy atom. The van der Waals surface area contributed by atoms with Crippen LogP contribution in [0, 0.1) is 0 Å². The van der Waals surface area contributed by atoms with Gasteiger partial charge in [0, 0.05) is 50.2 Å². The Morgan fingerprint density at radius 3 is 1.89 bits per heavy atom. The van der Waals surface area contributed by atoms with Crippen LogP contribution in [0.25, 0.3) is 75.4 Å². The smallest absolute Gasteiger partial charge is 0.196 e. The summed E-state index contributed by atoms with van der Waals surface area (Å²) < 4.78 is 3.18. The van der Waals surface area contributed by atoms with Gasteiger partial charge in [0.25, 0.3) is 0 Å². The van der Waals surface area contributed by atoms with Crippen LogP contribution in [0.3, 0.4) is 0 Å². The summed E-state index contributed by atoms with van der Waals surface area (Å²) in [5.41, 5.74) is 0.0141. The highest BCUT2D eigenvalue weighted by molar-refractivity contribution is 9.14. The van der Waals surface area contributed by atoms with Crippen molar-refractivity contribution in [3.05, 3.63) is 99.0 Å². The van der Waals surface area contributed by atoms with Crippen molar-refractivity contribution in [3.63, 3.8) is 0 Å². The third-order valence-corrected chi connectivity index (χ3v) is 11.5. The highest BCUT2D eigenvalue weighted by Crippen LogP contribution is 2.48. The Kier molecular flexibility index (Phi) is 4.30. The largest absolute Gasteiger partial charge is 0.289 e. The third kappa shape index (κ3) is 2.47. The number of fused-ring (bicyclic) bond motifs is 4. The van der Waals surface area contributed by atoms with E-state index in [1.807, 2.05) is 48.5 Å². The second-order valence-corrected chi connectivity index (χ2v) is 12.5. The fourth-order valence-corrected chi connectivity index (χ4v) is 8.36. The van der Waals surface area contributed by atoms with E-state index in [0.29, 0.717) is 10.8 Å². The van der Waals surface area contributed by atoms with Crippen molar-refractivity contribution >= 4 is 139 Å². The molecule has 8 aromatic carbocycles. The van der Waals surface area contributed by atoms with Crippen molar-refractivity contribution < 1.29 is 0 Å². The fraction of sp³-hybridized carbons (Fsp3) is 0. The van der Waals surface area contributed by atoms with Crippen LogP contribution in [0.1, 0.15) is 0 Å². The third-order valence-electron chi connectivity index (χ3n) is 7.55. The lowest BCUT2D eigenvalue weighted by Crippen LogP contribution is -2.07. The molecule has 0 saturated carbocycles. The van der Waals surface area contributed by atoms with Gasteiger partial charge >= 0.3 is 0 Å². The van der Waals surface area contributed by atoms with Crippen LogP contribution in [0.5, 0.6) is 0 Å². The standard InChI is InChI=1S/C30H10Br4O2/c31-19-9-12-8-16-13-3-1-2-4-14(13)29(35)15-6-5-11-7-17-18-10-20(32)27(33)28(34)25(18)30(36)26(19)24(17)22(12)21(11)23(15)16/h1-10H. The zero-order valence-electron chi connectivity index (χ0n) is 18.1. The van der Waals surface area contributed by atoms with Gasteiger partial charge in [-0.15, -0.1) is 0 Å². The second-order valence-electron chi connectivity index (χ2n) is 9.25. The maximum absolute atomic E-state index is 14.0. The van der Waals surface area contributed by atoms with Gasteiger partial charge in [-0.2, -0.15) is 0 Å². The maximum Gasteiger partial charge on any atom is 0.196 e. The van der Waals surface area contributed by atoms with Gasteiger partial charge in [-0.3, -0.25) is 9.59 Å². The molecule has 0 unspecified atom stereocenters. The van der Waals surface area contributed by atoms with Crippen molar-refractivity contribution in [3.8, 4) is 0 Å². The van der Waals surface area contributed by atoms with E-state index in [1.54, 1.807) is 0 Å². The van der Waals surface area contributed by atoms with E-state index >= 15 is 0 Å². The van der Waals surface area contributed by atoms with Gasteiger partial charge in [0.1, 0.15) is 0 Å². The first kappa shape index (κ1) is 21.7. The van der Waals surface area contributed by atoms with Crippen LogP contribution in [-0.4, -0.2) is 0 Å². The predicted molar refractivity (Wildman–Crippen MR) is 166 cm³/mol. The van der Waals surface area contributed by atoms with Crippen LogP contribution >= 0.6 is 63.7 Å². The van der Waals surface area contributed by atoms with E-state index in [4.69, 9.17) is 0 Å². The summed E-state index contributed by atoms with van der Waals surface area (Å²) in [7, 11) is 0. The van der Waals surface area contributed by atoms with Crippen molar-refractivity contribution in [1.82, 2.24) is 0 Å². The minimum absolute atomic E-state index is 0.0312. The van der Waals surface area contributed by atoms with Gasteiger partial charge in [0.05, 0.1) is 0 Å². The van der Waals surface area contributed by atoms with E-state index in [0.717, 1.165) is 82.5 Å². The number of hydrogen-bond acceptors (Lipinski definition) is 2.